The maximum absolute atomic E-state index is 13.1. The van der Waals surface area contributed by atoms with E-state index in [9.17, 15) is 9.59 Å². The van der Waals surface area contributed by atoms with Crippen molar-refractivity contribution in [2.24, 2.45) is 0 Å². The number of piperazine rings is 1. The van der Waals surface area contributed by atoms with Crippen LogP contribution in [-0.2, 0) is 4.79 Å². The Labute approximate surface area is 191 Å². The highest BCUT2D eigenvalue weighted by molar-refractivity contribution is 7.18. The van der Waals surface area contributed by atoms with Gasteiger partial charge in [-0.25, -0.2) is 4.98 Å². The molecule has 2 fully saturated rings. The molecule has 0 radical (unpaired) electrons. The number of aromatic nitrogens is 1. The van der Waals surface area contributed by atoms with Crippen LogP contribution in [0.15, 0.2) is 47.1 Å². The summed E-state index contributed by atoms with van der Waals surface area (Å²) in [7, 11) is 0. The summed E-state index contributed by atoms with van der Waals surface area (Å²) >= 11 is 1.80. The van der Waals surface area contributed by atoms with Crippen molar-refractivity contribution < 1.29 is 14.0 Å². The second-order valence-corrected chi connectivity index (χ2v) is 9.66. The standard InChI is InChI=1S/C24H28N4O3S/c1-17(23(29)27-12-14-28(15-13-27)24(30)20-6-4-16-31-20)26-10-8-18(9-11-26)22-25-19-5-2-3-7-21(19)32-22/h2-7,16-18H,8-15H2,1H3. The van der Waals surface area contributed by atoms with Gasteiger partial charge in [0.05, 0.1) is 27.5 Å². The molecule has 2 aliphatic heterocycles. The maximum atomic E-state index is 13.1. The number of nitrogens with zero attached hydrogens (tertiary/aromatic N) is 4. The van der Waals surface area contributed by atoms with Gasteiger partial charge in [-0.3, -0.25) is 14.5 Å². The molecule has 1 atom stereocenters. The van der Waals surface area contributed by atoms with E-state index in [4.69, 9.17) is 9.40 Å². The molecule has 0 spiro atoms. The fourth-order valence-corrected chi connectivity index (χ4v) is 5.84. The monoisotopic (exact) mass is 452 g/mol. The molecular weight excluding hydrogens is 424 g/mol. The highest BCUT2D eigenvalue weighted by Crippen LogP contribution is 2.34. The molecule has 2 aromatic heterocycles. The minimum Gasteiger partial charge on any atom is -0.459 e. The fourth-order valence-electron chi connectivity index (χ4n) is 4.70. The molecule has 5 rings (SSSR count). The zero-order chi connectivity index (χ0) is 22.1. The van der Waals surface area contributed by atoms with Crippen LogP contribution >= 0.6 is 11.3 Å². The first-order valence-electron chi connectivity index (χ1n) is 11.3. The van der Waals surface area contributed by atoms with Crippen LogP contribution in [-0.4, -0.2) is 76.8 Å². The van der Waals surface area contributed by atoms with E-state index in [-0.39, 0.29) is 17.9 Å². The lowest BCUT2D eigenvalue weighted by Gasteiger charge is -2.39. The lowest BCUT2D eigenvalue weighted by Crippen LogP contribution is -2.55. The molecular formula is C24H28N4O3S. The number of amides is 2. The second kappa shape index (κ2) is 9.03. The number of hydrogen-bond donors (Lipinski definition) is 0. The van der Waals surface area contributed by atoms with Crippen molar-refractivity contribution in [1.82, 2.24) is 19.7 Å². The largest absolute Gasteiger partial charge is 0.459 e. The number of rotatable bonds is 4. The maximum Gasteiger partial charge on any atom is 0.289 e. The summed E-state index contributed by atoms with van der Waals surface area (Å²) in [5, 5.41) is 1.22. The van der Waals surface area contributed by atoms with Crippen LogP contribution in [0, 0.1) is 0 Å². The number of thiazole rings is 1. The van der Waals surface area contributed by atoms with Crippen LogP contribution in [0.25, 0.3) is 10.2 Å². The SMILES string of the molecule is CC(C(=O)N1CCN(C(=O)c2ccco2)CC1)N1CCC(c2nc3ccccc3s2)CC1. The molecule has 3 aromatic rings. The van der Waals surface area contributed by atoms with E-state index in [1.165, 1.54) is 16.0 Å². The molecule has 0 N–H and O–H groups in total. The van der Waals surface area contributed by atoms with Gasteiger partial charge < -0.3 is 14.2 Å². The third-order valence-electron chi connectivity index (χ3n) is 6.70. The Hall–Kier alpha value is -2.71. The Morgan fingerprint density at radius 2 is 1.72 bits per heavy atom. The third kappa shape index (κ3) is 4.17. The fraction of sp³-hybridized carbons (Fsp3) is 0.458. The summed E-state index contributed by atoms with van der Waals surface area (Å²) < 4.78 is 6.46. The van der Waals surface area contributed by atoms with Gasteiger partial charge in [0, 0.05) is 32.1 Å². The summed E-state index contributed by atoms with van der Waals surface area (Å²) in [5.41, 5.74) is 1.09. The number of para-hydroxylation sites is 1. The van der Waals surface area contributed by atoms with Crippen molar-refractivity contribution >= 4 is 33.4 Å². The van der Waals surface area contributed by atoms with E-state index in [0.717, 1.165) is 31.4 Å². The highest BCUT2D eigenvalue weighted by atomic mass is 32.1. The molecule has 1 aromatic carbocycles. The first-order chi connectivity index (χ1) is 15.6. The summed E-state index contributed by atoms with van der Waals surface area (Å²) in [6, 6.07) is 11.6. The number of likely N-dealkylation sites (tertiary alicyclic amines) is 1. The molecule has 168 valence electrons. The lowest BCUT2D eigenvalue weighted by molar-refractivity contribution is -0.138. The Morgan fingerprint density at radius 3 is 2.41 bits per heavy atom. The zero-order valence-corrected chi connectivity index (χ0v) is 19.1. The van der Waals surface area contributed by atoms with Crippen LogP contribution in [0.1, 0.15) is 41.2 Å². The predicted molar refractivity (Wildman–Crippen MR) is 124 cm³/mol. The molecule has 7 nitrogen and oxygen atoms in total. The van der Waals surface area contributed by atoms with Crippen LogP contribution in [0.2, 0.25) is 0 Å². The average Bonchev–Trinajstić information content (AvgIpc) is 3.53. The van der Waals surface area contributed by atoms with Crippen molar-refractivity contribution in [1.29, 1.82) is 0 Å². The second-order valence-electron chi connectivity index (χ2n) is 8.60. The van der Waals surface area contributed by atoms with Gasteiger partial charge >= 0.3 is 0 Å². The molecule has 0 saturated carbocycles. The van der Waals surface area contributed by atoms with E-state index in [0.29, 0.717) is 37.9 Å². The Bertz CT molecular complexity index is 1050. The summed E-state index contributed by atoms with van der Waals surface area (Å²) in [5.74, 6) is 0.886. The number of carbonyl (C=O) groups excluding carboxylic acids is 2. The number of carbonyl (C=O) groups is 2. The predicted octanol–water partition coefficient (Wildman–Crippen LogP) is 3.44. The van der Waals surface area contributed by atoms with Crippen LogP contribution in [0.4, 0.5) is 0 Å². The average molecular weight is 453 g/mol. The summed E-state index contributed by atoms with van der Waals surface area (Å²) in [6.45, 7) is 6.04. The third-order valence-corrected chi connectivity index (χ3v) is 7.90. The van der Waals surface area contributed by atoms with Gasteiger partial charge in [-0.05, 0) is 57.1 Å². The number of benzene rings is 1. The Kier molecular flexibility index (Phi) is 5.97. The van der Waals surface area contributed by atoms with Crippen LogP contribution in [0.5, 0.6) is 0 Å². The van der Waals surface area contributed by atoms with E-state index in [2.05, 4.69) is 23.1 Å². The molecule has 4 heterocycles. The van der Waals surface area contributed by atoms with Gasteiger partial charge in [0.1, 0.15) is 0 Å². The first kappa shape index (κ1) is 21.2. The Balaban J connectivity index is 1.13. The van der Waals surface area contributed by atoms with E-state index in [1.54, 1.807) is 28.4 Å². The summed E-state index contributed by atoms with van der Waals surface area (Å²) in [6.07, 6.45) is 3.57. The van der Waals surface area contributed by atoms with Crippen molar-refractivity contribution in [3.8, 4) is 0 Å². The number of hydrogen-bond acceptors (Lipinski definition) is 6. The smallest absolute Gasteiger partial charge is 0.289 e. The topological polar surface area (TPSA) is 69.9 Å². The number of fused-ring (bicyclic) bond motifs is 1. The molecule has 0 bridgehead atoms. The molecule has 2 saturated heterocycles. The van der Waals surface area contributed by atoms with Crippen molar-refractivity contribution in [2.75, 3.05) is 39.3 Å². The van der Waals surface area contributed by atoms with Gasteiger partial charge in [0.2, 0.25) is 5.91 Å². The normalized spacial score (nSPS) is 19.4. The molecule has 1 unspecified atom stereocenters. The highest BCUT2D eigenvalue weighted by Gasteiger charge is 2.33. The molecule has 2 aliphatic rings. The number of piperidine rings is 1. The molecule has 8 heteroatoms. The zero-order valence-electron chi connectivity index (χ0n) is 18.3. The van der Waals surface area contributed by atoms with Gasteiger partial charge in [-0.2, -0.15) is 0 Å². The van der Waals surface area contributed by atoms with E-state index < -0.39 is 0 Å². The first-order valence-corrected chi connectivity index (χ1v) is 12.1. The van der Waals surface area contributed by atoms with Crippen molar-refractivity contribution in [3.05, 3.63) is 53.4 Å². The Morgan fingerprint density at radius 1 is 1.00 bits per heavy atom. The molecule has 2 amide bonds. The van der Waals surface area contributed by atoms with Gasteiger partial charge in [-0.15, -0.1) is 11.3 Å². The lowest BCUT2D eigenvalue weighted by atomic mass is 9.96. The van der Waals surface area contributed by atoms with Crippen molar-refractivity contribution in [2.45, 2.75) is 31.7 Å². The van der Waals surface area contributed by atoms with E-state index in [1.807, 2.05) is 17.9 Å². The van der Waals surface area contributed by atoms with Crippen molar-refractivity contribution in [3.63, 3.8) is 0 Å². The van der Waals surface area contributed by atoms with Crippen LogP contribution in [0.3, 0.4) is 0 Å². The van der Waals surface area contributed by atoms with Gasteiger partial charge in [-0.1, -0.05) is 12.1 Å². The molecule has 0 aliphatic carbocycles. The summed E-state index contributed by atoms with van der Waals surface area (Å²) in [4.78, 5) is 36.4. The minimum absolute atomic E-state index is 0.105. The van der Waals surface area contributed by atoms with Crippen LogP contribution < -0.4 is 0 Å². The minimum atomic E-state index is -0.140. The number of furan rings is 1. The quantitative estimate of drug-likeness (QED) is 0.607. The molecule has 32 heavy (non-hydrogen) atoms. The van der Waals surface area contributed by atoms with Gasteiger partial charge in [0.25, 0.3) is 5.91 Å². The van der Waals surface area contributed by atoms with Gasteiger partial charge in [0.15, 0.2) is 5.76 Å². The van der Waals surface area contributed by atoms with E-state index >= 15 is 0 Å².